The topological polar surface area (TPSA) is 62.5 Å². The molecule has 6 nitrogen and oxygen atoms in total. The van der Waals surface area contributed by atoms with E-state index in [2.05, 4.69) is 39.4 Å². The molecule has 0 spiro atoms. The number of nitrogens with zero attached hydrogens (tertiary/aromatic N) is 4. The van der Waals surface area contributed by atoms with Crippen LogP contribution in [-0.4, -0.2) is 57.3 Å². The van der Waals surface area contributed by atoms with E-state index in [1.807, 2.05) is 30.0 Å². The van der Waals surface area contributed by atoms with Gasteiger partial charge in [0.1, 0.15) is 0 Å². The number of hydrogen-bond donors (Lipinski definition) is 0. The number of carbonyl (C=O) groups excluding carboxylic acids is 1. The van der Waals surface area contributed by atoms with Crippen LogP contribution in [0.15, 0.2) is 64.2 Å². The Morgan fingerprint density at radius 2 is 1.77 bits per heavy atom. The highest BCUT2D eigenvalue weighted by molar-refractivity contribution is 8.00. The number of aromatic nitrogens is 2. The largest absolute Gasteiger partial charge is 0.411 e. The smallest absolute Gasteiger partial charge is 0.277 e. The molecule has 1 amide bonds. The molecule has 1 aliphatic rings. The summed E-state index contributed by atoms with van der Waals surface area (Å²) in [5.41, 5.74) is 2.10. The van der Waals surface area contributed by atoms with Gasteiger partial charge in [-0.1, -0.05) is 53.7 Å². The third kappa shape index (κ3) is 5.22. The van der Waals surface area contributed by atoms with Gasteiger partial charge in [-0.2, -0.15) is 0 Å². The fourth-order valence-electron chi connectivity index (χ4n) is 3.39. The minimum Gasteiger partial charge on any atom is -0.411 e. The maximum absolute atomic E-state index is 12.9. The van der Waals surface area contributed by atoms with E-state index in [-0.39, 0.29) is 11.2 Å². The highest BCUT2D eigenvalue weighted by Crippen LogP contribution is 2.28. The molecule has 0 aliphatic carbocycles. The summed E-state index contributed by atoms with van der Waals surface area (Å²) in [5.74, 6) is 0.522. The summed E-state index contributed by atoms with van der Waals surface area (Å²) in [4.78, 5) is 17.2. The number of halogens is 1. The van der Waals surface area contributed by atoms with Crippen LogP contribution in [0.4, 0.5) is 0 Å². The van der Waals surface area contributed by atoms with Gasteiger partial charge in [0.2, 0.25) is 11.8 Å². The van der Waals surface area contributed by atoms with E-state index < -0.39 is 0 Å². The molecule has 0 radical (unpaired) electrons. The molecule has 1 fully saturated rings. The van der Waals surface area contributed by atoms with Crippen molar-refractivity contribution in [1.29, 1.82) is 0 Å². The average Bonchev–Trinajstić information content (AvgIpc) is 3.23. The fourth-order valence-corrected chi connectivity index (χ4v) is 4.29. The molecular weight excluding hydrogens is 420 g/mol. The van der Waals surface area contributed by atoms with Crippen molar-refractivity contribution in [3.05, 3.63) is 65.2 Å². The first-order valence-electron chi connectivity index (χ1n) is 9.89. The first-order valence-corrected chi connectivity index (χ1v) is 11.2. The molecule has 8 heteroatoms. The van der Waals surface area contributed by atoms with Gasteiger partial charge in [0.15, 0.2) is 0 Å². The Bertz CT molecular complexity index is 972. The van der Waals surface area contributed by atoms with E-state index >= 15 is 0 Å². The van der Waals surface area contributed by atoms with Gasteiger partial charge in [0.25, 0.3) is 5.22 Å². The number of hydrogen-bond acceptors (Lipinski definition) is 6. The van der Waals surface area contributed by atoms with Crippen LogP contribution >= 0.6 is 23.4 Å². The summed E-state index contributed by atoms with van der Waals surface area (Å²) >= 11 is 7.21. The van der Waals surface area contributed by atoms with Gasteiger partial charge in [-0.25, -0.2) is 0 Å². The molecule has 1 aliphatic heterocycles. The molecule has 0 bridgehead atoms. The van der Waals surface area contributed by atoms with E-state index in [0.29, 0.717) is 16.1 Å². The van der Waals surface area contributed by atoms with Crippen LogP contribution in [0.3, 0.4) is 0 Å². The SMILES string of the molecule is CC(Sc1nnc(-c2ccc(Cl)cc2)o1)C(=O)N1CCN(Cc2ccccc2)CC1. The van der Waals surface area contributed by atoms with Crippen LogP contribution in [-0.2, 0) is 11.3 Å². The number of piperazine rings is 1. The molecule has 30 heavy (non-hydrogen) atoms. The van der Waals surface area contributed by atoms with Crippen molar-refractivity contribution in [3.63, 3.8) is 0 Å². The van der Waals surface area contributed by atoms with Gasteiger partial charge in [-0.15, -0.1) is 10.2 Å². The highest BCUT2D eigenvalue weighted by atomic mass is 35.5. The van der Waals surface area contributed by atoms with Crippen molar-refractivity contribution in [2.24, 2.45) is 0 Å². The Morgan fingerprint density at radius 1 is 1.07 bits per heavy atom. The van der Waals surface area contributed by atoms with Crippen LogP contribution in [0, 0.1) is 0 Å². The van der Waals surface area contributed by atoms with Crippen molar-refractivity contribution in [1.82, 2.24) is 20.0 Å². The standard InChI is InChI=1S/C22H23ClN4O2S/c1-16(30-22-25-24-20(29-22)18-7-9-19(23)10-8-18)21(28)27-13-11-26(12-14-27)15-17-5-3-2-4-6-17/h2-10,16H,11-15H2,1H3. The van der Waals surface area contributed by atoms with Crippen LogP contribution < -0.4 is 0 Å². The van der Waals surface area contributed by atoms with Gasteiger partial charge >= 0.3 is 0 Å². The number of amides is 1. The molecular formula is C22H23ClN4O2S. The lowest BCUT2D eigenvalue weighted by molar-refractivity contribution is -0.132. The molecule has 2 heterocycles. The maximum Gasteiger partial charge on any atom is 0.277 e. The number of thioether (sulfide) groups is 1. The monoisotopic (exact) mass is 442 g/mol. The first-order chi connectivity index (χ1) is 14.6. The van der Waals surface area contributed by atoms with Crippen LogP contribution in [0.5, 0.6) is 0 Å². The van der Waals surface area contributed by atoms with E-state index in [1.54, 1.807) is 12.1 Å². The molecule has 2 aromatic carbocycles. The van der Waals surface area contributed by atoms with E-state index in [9.17, 15) is 4.79 Å². The van der Waals surface area contributed by atoms with E-state index in [4.69, 9.17) is 16.0 Å². The summed E-state index contributed by atoms with van der Waals surface area (Å²) < 4.78 is 5.72. The summed E-state index contributed by atoms with van der Waals surface area (Å²) in [5, 5.41) is 8.91. The number of benzene rings is 2. The fraction of sp³-hybridized carbons (Fsp3) is 0.318. The Labute approximate surface area is 185 Å². The van der Waals surface area contributed by atoms with Gasteiger partial charge in [0, 0.05) is 43.3 Å². The van der Waals surface area contributed by atoms with E-state index in [0.717, 1.165) is 38.3 Å². The van der Waals surface area contributed by atoms with Crippen molar-refractivity contribution in [3.8, 4) is 11.5 Å². The minimum atomic E-state index is -0.288. The lowest BCUT2D eigenvalue weighted by atomic mass is 10.2. The van der Waals surface area contributed by atoms with Gasteiger partial charge in [0.05, 0.1) is 5.25 Å². The molecule has 1 atom stereocenters. The Morgan fingerprint density at radius 3 is 2.47 bits per heavy atom. The predicted molar refractivity (Wildman–Crippen MR) is 118 cm³/mol. The van der Waals surface area contributed by atoms with Crippen molar-refractivity contribution in [2.75, 3.05) is 26.2 Å². The summed E-state index contributed by atoms with van der Waals surface area (Å²) in [6.07, 6.45) is 0. The van der Waals surface area contributed by atoms with Crippen molar-refractivity contribution in [2.45, 2.75) is 23.9 Å². The zero-order chi connectivity index (χ0) is 20.9. The van der Waals surface area contributed by atoms with Crippen LogP contribution in [0.25, 0.3) is 11.5 Å². The second-order valence-corrected chi connectivity index (χ2v) is 8.96. The van der Waals surface area contributed by atoms with Crippen LogP contribution in [0.1, 0.15) is 12.5 Å². The molecule has 0 N–H and O–H groups in total. The van der Waals surface area contributed by atoms with E-state index in [1.165, 1.54) is 17.3 Å². The maximum atomic E-state index is 12.9. The van der Waals surface area contributed by atoms with Crippen LogP contribution in [0.2, 0.25) is 5.02 Å². The van der Waals surface area contributed by atoms with Gasteiger partial charge in [-0.3, -0.25) is 9.69 Å². The molecule has 1 aromatic heterocycles. The zero-order valence-electron chi connectivity index (χ0n) is 16.7. The lowest BCUT2D eigenvalue weighted by Gasteiger charge is -2.35. The van der Waals surface area contributed by atoms with Crippen molar-refractivity contribution >= 4 is 29.3 Å². The third-order valence-corrected chi connectivity index (χ3v) is 6.23. The Hall–Kier alpha value is -2.35. The second kappa shape index (κ2) is 9.64. The average molecular weight is 443 g/mol. The van der Waals surface area contributed by atoms with Gasteiger partial charge < -0.3 is 9.32 Å². The zero-order valence-corrected chi connectivity index (χ0v) is 18.3. The minimum absolute atomic E-state index is 0.102. The number of rotatable bonds is 6. The first kappa shape index (κ1) is 20.9. The summed E-state index contributed by atoms with van der Waals surface area (Å²) in [7, 11) is 0. The number of carbonyl (C=O) groups is 1. The normalized spacial score (nSPS) is 15.9. The summed E-state index contributed by atoms with van der Waals surface area (Å²) in [6, 6.07) is 17.6. The molecule has 156 valence electrons. The Balaban J connectivity index is 1.29. The predicted octanol–water partition coefficient (Wildman–Crippen LogP) is 4.22. The molecule has 4 rings (SSSR count). The second-order valence-electron chi connectivity index (χ2n) is 7.23. The molecule has 1 unspecified atom stereocenters. The molecule has 3 aromatic rings. The highest BCUT2D eigenvalue weighted by Gasteiger charge is 2.27. The quantitative estimate of drug-likeness (QED) is 0.533. The Kier molecular flexibility index (Phi) is 6.72. The third-order valence-electron chi connectivity index (χ3n) is 5.06. The molecule has 1 saturated heterocycles. The van der Waals surface area contributed by atoms with Gasteiger partial charge in [-0.05, 0) is 36.8 Å². The molecule has 0 saturated carbocycles. The lowest BCUT2D eigenvalue weighted by Crippen LogP contribution is -2.50. The van der Waals surface area contributed by atoms with Crippen molar-refractivity contribution < 1.29 is 9.21 Å². The summed E-state index contributed by atoms with van der Waals surface area (Å²) in [6.45, 7) is 6.02.